The lowest BCUT2D eigenvalue weighted by molar-refractivity contribution is 0.0724. The second kappa shape index (κ2) is 6.30. The van der Waals surface area contributed by atoms with Crippen molar-refractivity contribution in [3.63, 3.8) is 0 Å². The third-order valence-corrected chi connectivity index (χ3v) is 3.50. The summed E-state index contributed by atoms with van der Waals surface area (Å²) in [5.74, 6) is 0. The molecule has 2 atom stereocenters. The maximum atomic E-state index is 9.43. The molecule has 92 valence electrons. The number of aliphatic hydroxyl groups is 2. The highest BCUT2D eigenvalue weighted by molar-refractivity contribution is 7.09. The smallest absolute Gasteiger partial charge is 0.0798 e. The quantitative estimate of drug-likeness (QED) is 0.784. The van der Waals surface area contributed by atoms with E-state index >= 15 is 0 Å². The Hall–Kier alpha value is -0.490. The fourth-order valence-electron chi connectivity index (χ4n) is 1.52. The van der Waals surface area contributed by atoms with Gasteiger partial charge in [-0.1, -0.05) is 0 Å². The number of hydrogen-bond acceptors (Lipinski definition) is 5. The number of aryl methyl sites for hydroxylation is 1. The van der Waals surface area contributed by atoms with Crippen LogP contribution >= 0.6 is 11.3 Å². The zero-order valence-electron chi connectivity index (χ0n) is 10.1. The van der Waals surface area contributed by atoms with Crippen molar-refractivity contribution >= 4 is 11.3 Å². The summed E-state index contributed by atoms with van der Waals surface area (Å²) in [5, 5.41) is 18.6. The van der Waals surface area contributed by atoms with Crippen molar-refractivity contribution in [3.8, 4) is 0 Å². The van der Waals surface area contributed by atoms with E-state index in [2.05, 4.69) is 9.88 Å². The summed E-state index contributed by atoms with van der Waals surface area (Å²) in [6.45, 7) is 7.11. The molecule has 0 aliphatic carbocycles. The predicted molar refractivity (Wildman–Crippen MR) is 65.5 cm³/mol. The molecule has 1 rings (SSSR count). The van der Waals surface area contributed by atoms with E-state index < -0.39 is 0 Å². The molecule has 0 aliphatic heterocycles. The van der Waals surface area contributed by atoms with E-state index in [-0.39, 0.29) is 18.8 Å². The summed E-state index contributed by atoms with van der Waals surface area (Å²) >= 11 is 1.62. The zero-order chi connectivity index (χ0) is 12.1. The van der Waals surface area contributed by atoms with Gasteiger partial charge in [0.1, 0.15) is 0 Å². The molecule has 0 spiro atoms. The van der Waals surface area contributed by atoms with Crippen LogP contribution < -0.4 is 0 Å². The average Bonchev–Trinajstić information content (AvgIpc) is 2.61. The molecule has 0 radical (unpaired) electrons. The van der Waals surface area contributed by atoms with E-state index in [1.807, 2.05) is 19.4 Å². The van der Waals surface area contributed by atoms with Crippen LogP contribution in [-0.2, 0) is 6.54 Å². The molecule has 0 aromatic carbocycles. The van der Waals surface area contributed by atoms with Gasteiger partial charge in [-0.25, -0.2) is 4.98 Å². The molecule has 1 aromatic heterocycles. The number of thiazole rings is 1. The summed E-state index contributed by atoms with van der Waals surface area (Å²) < 4.78 is 0. The highest BCUT2D eigenvalue weighted by Crippen LogP contribution is 2.16. The van der Waals surface area contributed by atoms with E-state index in [4.69, 9.17) is 0 Å². The molecule has 1 heterocycles. The Labute approximate surface area is 101 Å². The molecule has 16 heavy (non-hydrogen) atoms. The van der Waals surface area contributed by atoms with E-state index in [0.717, 1.165) is 12.2 Å². The Bertz CT molecular complexity index is 315. The van der Waals surface area contributed by atoms with Crippen molar-refractivity contribution in [1.82, 2.24) is 9.88 Å². The molecule has 0 fully saturated rings. The summed E-state index contributed by atoms with van der Waals surface area (Å²) in [6.07, 6.45) is -0.387. The van der Waals surface area contributed by atoms with Crippen LogP contribution in [-0.4, -0.2) is 45.4 Å². The predicted octanol–water partition coefficient (Wildman–Crippen LogP) is 1.02. The first-order valence-corrected chi connectivity index (χ1v) is 6.34. The van der Waals surface area contributed by atoms with Gasteiger partial charge in [0, 0.05) is 24.0 Å². The van der Waals surface area contributed by atoms with Crippen molar-refractivity contribution in [1.29, 1.82) is 0 Å². The molecule has 0 saturated carbocycles. The van der Waals surface area contributed by atoms with Gasteiger partial charge in [0.25, 0.3) is 0 Å². The van der Waals surface area contributed by atoms with Gasteiger partial charge < -0.3 is 10.2 Å². The highest BCUT2D eigenvalue weighted by atomic mass is 32.1. The van der Waals surface area contributed by atoms with Gasteiger partial charge in [-0.2, -0.15) is 0 Å². The molecule has 2 unspecified atom stereocenters. The van der Waals surface area contributed by atoms with Gasteiger partial charge in [-0.05, 0) is 20.8 Å². The number of hydrogen-bond donors (Lipinski definition) is 2. The summed E-state index contributed by atoms with van der Waals surface area (Å²) in [7, 11) is 0. The van der Waals surface area contributed by atoms with Crippen molar-refractivity contribution in [2.24, 2.45) is 0 Å². The van der Waals surface area contributed by atoms with Crippen LogP contribution in [0, 0.1) is 6.92 Å². The van der Waals surface area contributed by atoms with Crippen molar-refractivity contribution in [2.75, 3.05) is 13.2 Å². The second-order valence-electron chi connectivity index (χ2n) is 4.17. The van der Waals surface area contributed by atoms with Gasteiger partial charge in [-0.3, -0.25) is 4.90 Å². The maximum Gasteiger partial charge on any atom is 0.0798 e. The molecule has 0 aliphatic rings. The average molecular weight is 244 g/mol. The minimum Gasteiger partial charge on any atom is -0.395 e. The second-order valence-corrected chi connectivity index (χ2v) is 5.11. The van der Waals surface area contributed by atoms with E-state index in [0.29, 0.717) is 6.54 Å². The van der Waals surface area contributed by atoms with Gasteiger partial charge >= 0.3 is 0 Å². The highest BCUT2D eigenvalue weighted by Gasteiger charge is 2.17. The maximum absolute atomic E-state index is 9.43. The lowest BCUT2D eigenvalue weighted by Gasteiger charge is -2.28. The van der Waals surface area contributed by atoms with Crippen molar-refractivity contribution < 1.29 is 10.2 Å². The van der Waals surface area contributed by atoms with Gasteiger partial charge in [0.2, 0.25) is 0 Å². The number of aromatic nitrogens is 1. The van der Waals surface area contributed by atoms with Crippen LogP contribution in [0.15, 0.2) is 5.51 Å². The summed E-state index contributed by atoms with van der Waals surface area (Å²) in [4.78, 5) is 7.47. The van der Waals surface area contributed by atoms with Crippen LogP contribution in [0.5, 0.6) is 0 Å². The lowest BCUT2D eigenvalue weighted by atomic mass is 10.2. The fraction of sp³-hybridized carbons (Fsp3) is 0.727. The first-order chi connectivity index (χ1) is 7.54. The summed E-state index contributed by atoms with van der Waals surface area (Å²) in [6, 6.07) is 0.0519. The monoisotopic (exact) mass is 244 g/mol. The minimum atomic E-state index is -0.387. The third-order valence-electron chi connectivity index (χ3n) is 2.58. The molecule has 2 N–H and O–H groups in total. The lowest BCUT2D eigenvalue weighted by Crippen LogP contribution is -2.39. The van der Waals surface area contributed by atoms with E-state index in [9.17, 15) is 10.2 Å². The van der Waals surface area contributed by atoms with Crippen molar-refractivity contribution in [3.05, 3.63) is 16.1 Å². The van der Waals surface area contributed by atoms with Crippen LogP contribution in [0.1, 0.15) is 24.4 Å². The number of nitrogens with zero attached hydrogens (tertiary/aromatic N) is 2. The van der Waals surface area contributed by atoms with Gasteiger partial charge in [-0.15, -0.1) is 11.3 Å². The first-order valence-electron chi connectivity index (χ1n) is 5.46. The SMILES string of the molecule is Cc1ncsc1CN(CC(C)O)C(C)CO. The van der Waals surface area contributed by atoms with Crippen LogP contribution in [0.2, 0.25) is 0 Å². The Balaban J connectivity index is 2.66. The normalized spacial score (nSPS) is 15.4. The third kappa shape index (κ3) is 3.83. The molecule has 1 aromatic rings. The van der Waals surface area contributed by atoms with Crippen molar-refractivity contribution in [2.45, 2.75) is 39.5 Å². The molecule has 5 heteroatoms. The number of rotatable bonds is 6. The van der Waals surface area contributed by atoms with E-state index in [1.54, 1.807) is 18.3 Å². The molecule has 4 nitrogen and oxygen atoms in total. The van der Waals surface area contributed by atoms with Gasteiger partial charge in [0.05, 0.1) is 23.9 Å². The Kier molecular flexibility index (Phi) is 5.34. The van der Waals surface area contributed by atoms with Crippen LogP contribution in [0.4, 0.5) is 0 Å². The molecule has 0 bridgehead atoms. The summed E-state index contributed by atoms with van der Waals surface area (Å²) in [5.41, 5.74) is 2.86. The molecular formula is C11H20N2O2S. The fourth-order valence-corrected chi connectivity index (χ4v) is 2.32. The zero-order valence-corrected chi connectivity index (χ0v) is 10.9. The molecular weight excluding hydrogens is 224 g/mol. The van der Waals surface area contributed by atoms with E-state index in [1.165, 1.54) is 4.88 Å². The molecule has 0 saturated heterocycles. The Morgan fingerprint density at radius 1 is 1.50 bits per heavy atom. The minimum absolute atomic E-state index is 0.0519. The number of aliphatic hydroxyl groups excluding tert-OH is 2. The Morgan fingerprint density at radius 2 is 2.19 bits per heavy atom. The largest absolute Gasteiger partial charge is 0.395 e. The van der Waals surface area contributed by atoms with Crippen LogP contribution in [0.25, 0.3) is 0 Å². The standard InChI is InChI=1S/C11H20N2O2S/c1-8(6-14)13(4-9(2)15)5-11-10(3)12-7-16-11/h7-9,14-15H,4-6H2,1-3H3. The topological polar surface area (TPSA) is 56.6 Å². The first kappa shape index (κ1) is 13.6. The van der Waals surface area contributed by atoms with Crippen LogP contribution in [0.3, 0.4) is 0 Å². The Morgan fingerprint density at radius 3 is 2.62 bits per heavy atom. The van der Waals surface area contributed by atoms with Gasteiger partial charge in [0.15, 0.2) is 0 Å². The molecule has 0 amide bonds.